The van der Waals surface area contributed by atoms with Gasteiger partial charge in [0.25, 0.3) is 0 Å². The number of fused-ring (bicyclic) bond motifs is 1. The number of nitrogens with one attached hydrogen (secondary N) is 2. The van der Waals surface area contributed by atoms with Crippen molar-refractivity contribution in [3.8, 4) is 0 Å². The van der Waals surface area contributed by atoms with Crippen LogP contribution in [0, 0.1) is 5.92 Å². The maximum absolute atomic E-state index is 12.3. The maximum atomic E-state index is 12.3. The highest BCUT2D eigenvalue weighted by molar-refractivity contribution is 14.0. The van der Waals surface area contributed by atoms with Crippen LogP contribution in [0.25, 0.3) is 0 Å². The van der Waals surface area contributed by atoms with Gasteiger partial charge in [0.15, 0.2) is 5.96 Å². The van der Waals surface area contributed by atoms with E-state index in [1.165, 1.54) is 0 Å². The fourth-order valence-electron chi connectivity index (χ4n) is 3.51. The first-order valence-corrected chi connectivity index (χ1v) is 10.5. The first-order chi connectivity index (χ1) is 13.2. The molecule has 0 fully saturated rings. The molecule has 1 atom stereocenters. The van der Waals surface area contributed by atoms with E-state index in [-0.39, 0.29) is 36.3 Å². The van der Waals surface area contributed by atoms with E-state index in [1.54, 1.807) is 4.68 Å². The summed E-state index contributed by atoms with van der Waals surface area (Å²) in [4.78, 5) is 17.0. The Bertz CT molecular complexity index is 637. The van der Waals surface area contributed by atoms with Gasteiger partial charge in [0, 0.05) is 45.8 Å². The lowest BCUT2D eigenvalue weighted by molar-refractivity contribution is 0.253. The number of halogens is 1. The molecule has 1 aromatic rings. The number of aromatic nitrogens is 3. The van der Waals surface area contributed by atoms with E-state index in [0.29, 0.717) is 12.5 Å². The van der Waals surface area contributed by atoms with Gasteiger partial charge in [-0.1, -0.05) is 13.3 Å². The molecular weight excluding hydrogens is 471 g/mol. The Morgan fingerprint density at radius 1 is 1.29 bits per heavy atom. The second-order valence-electron chi connectivity index (χ2n) is 7.20. The minimum atomic E-state index is 0. The Kier molecular flexibility index (Phi) is 12.4. The maximum Gasteiger partial charge on any atom is 0.345 e. The van der Waals surface area contributed by atoms with E-state index >= 15 is 0 Å². The highest BCUT2D eigenvalue weighted by Gasteiger charge is 2.16. The number of aliphatic hydroxyl groups excluding tert-OH is 1. The van der Waals surface area contributed by atoms with E-state index in [4.69, 9.17) is 0 Å². The zero-order valence-electron chi connectivity index (χ0n) is 17.3. The topological polar surface area (TPSA) is 96.5 Å². The zero-order chi connectivity index (χ0) is 19.5. The average molecular weight is 508 g/mol. The summed E-state index contributed by atoms with van der Waals surface area (Å²) in [5.41, 5.74) is 0.0247. The molecule has 9 heteroatoms. The van der Waals surface area contributed by atoms with Crippen LogP contribution in [0.1, 0.15) is 58.2 Å². The summed E-state index contributed by atoms with van der Waals surface area (Å²) in [6, 6.07) is 0. The minimum absolute atomic E-state index is 0. The molecule has 1 aliphatic rings. The van der Waals surface area contributed by atoms with Gasteiger partial charge in [-0.3, -0.25) is 9.56 Å². The third-order valence-corrected chi connectivity index (χ3v) is 4.96. The number of aliphatic hydroxyl groups is 1. The molecule has 2 heterocycles. The number of guanidine groups is 1. The summed E-state index contributed by atoms with van der Waals surface area (Å²) in [6.07, 6.45) is 6.89. The van der Waals surface area contributed by atoms with Crippen molar-refractivity contribution in [2.75, 3.05) is 26.2 Å². The third-order valence-electron chi connectivity index (χ3n) is 4.96. The average Bonchev–Trinajstić information content (AvgIpc) is 2.99. The van der Waals surface area contributed by atoms with Gasteiger partial charge in [-0.25, -0.2) is 9.48 Å². The number of aryl methyl sites for hydroxylation is 2. The zero-order valence-corrected chi connectivity index (χ0v) is 19.7. The summed E-state index contributed by atoms with van der Waals surface area (Å²) in [7, 11) is 0. The van der Waals surface area contributed by atoms with Crippen molar-refractivity contribution < 1.29 is 5.11 Å². The second-order valence-corrected chi connectivity index (χ2v) is 7.20. The number of hydrogen-bond acceptors (Lipinski definition) is 4. The Hall–Kier alpha value is -1.10. The fourth-order valence-corrected chi connectivity index (χ4v) is 3.51. The normalized spacial score (nSPS) is 14.9. The predicted molar refractivity (Wildman–Crippen MR) is 124 cm³/mol. The van der Waals surface area contributed by atoms with Gasteiger partial charge in [-0.05, 0) is 44.9 Å². The van der Waals surface area contributed by atoms with Gasteiger partial charge in [-0.2, -0.15) is 5.10 Å². The largest absolute Gasteiger partial charge is 0.396 e. The van der Waals surface area contributed by atoms with Crippen molar-refractivity contribution in [1.29, 1.82) is 0 Å². The summed E-state index contributed by atoms with van der Waals surface area (Å²) < 4.78 is 3.42. The SMILES string of the molecule is CCCC(CCO)CN=C(NCC)NCCCn1nc2n(c1=O)CCCC2.I. The van der Waals surface area contributed by atoms with Crippen molar-refractivity contribution in [2.24, 2.45) is 10.9 Å². The van der Waals surface area contributed by atoms with Crippen LogP contribution in [0.5, 0.6) is 0 Å². The summed E-state index contributed by atoms with van der Waals surface area (Å²) >= 11 is 0. The molecule has 0 saturated heterocycles. The van der Waals surface area contributed by atoms with Crippen LogP contribution < -0.4 is 16.3 Å². The summed E-state index contributed by atoms with van der Waals surface area (Å²) in [5.74, 6) is 2.15. The molecule has 162 valence electrons. The molecule has 2 rings (SSSR count). The molecule has 0 bridgehead atoms. The van der Waals surface area contributed by atoms with Gasteiger partial charge < -0.3 is 15.7 Å². The first-order valence-electron chi connectivity index (χ1n) is 10.5. The predicted octanol–water partition coefficient (Wildman–Crippen LogP) is 1.74. The first kappa shape index (κ1) is 24.9. The molecule has 0 aromatic carbocycles. The van der Waals surface area contributed by atoms with E-state index in [0.717, 1.165) is 82.9 Å². The molecule has 3 N–H and O–H groups in total. The number of nitrogens with zero attached hydrogens (tertiary/aromatic N) is 4. The molecule has 1 aliphatic heterocycles. The molecule has 0 amide bonds. The van der Waals surface area contributed by atoms with Crippen molar-refractivity contribution in [2.45, 2.75) is 71.9 Å². The van der Waals surface area contributed by atoms with Gasteiger partial charge in [-0.15, -0.1) is 24.0 Å². The van der Waals surface area contributed by atoms with Crippen molar-refractivity contribution >= 4 is 29.9 Å². The van der Waals surface area contributed by atoms with Crippen LogP contribution >= 0.6 is 24.0 Å². The van der Waals surface area contributed by atoms with Gasteiger partial charge >= 0.3 is 5.69 Å². The Morgan fingerprint density at radius 3 is 2.79 bits per heavy atom. The molecule has 1 unspecified atom stereocenters. The van der Waals surface area contributed by atoms with E-state index < -0.39 is 0 Å². The van der Waals surface area contributed by atoms with Crippen molar-refractivity contribution in [3.63, 3.8) is 0 Å². The fraction of sp³-hybridized carbons (Fsp3) is 0.842. The Balaban J connectivity index is 0.00000392. The van der Waals surface area contributed by atoms with Gasteiger partial charge in [0.2, 0.25) is 0 Å². The number of hydrogen-bond donors (Lipinski definition) is 3. The van der Waals surface area contributed by atoms with Gasteiger partial charge in [0.1, 0.15) is 5.82 Å². The van der Waals surface area contributed by atoms with Crippen molar-refractivity contribution in [1.82, 2.24) is 25.0 Å². The Morgan fingerprint density at radius 2 is 2.11 bits per heavy atom. The molecular formula is C19H37IN6O2. The minimum Gasteiger partial charge on any atom is -0.396 e. The van der Waals surface area contributed by atoms with Crippen molar-refractivity contribution in [3.05, 3.63) is 16.3 Å². The second kappa shape index (κ2) is 14.0. The van der Waals surface area contributed by atoms with E-state index in [2.05, 4.69) is 27.6 Å². The highest BCUT2D eigenvalue weighted by Crippen LogP contribution is 2.11. The van der Waals surface area contributed by atoms with Crippen LogP contribution in [0.3, 0.4) is 0 Å². The highest BCUT2D eigenvalue weighted by atomic mass is 127. The molecule has 8 nitrogen and oxygen atoms in total. The lowest BCUT2D eigenvalue weighted by Gasteiger charge is -2.15. The molecule has 0 radical (unpaired) electrons. The molecule has 1 aromatic heterocycles. The van der Waals surface area contributed by atoms with Crippen LogP contribution in [-0.2, 0) is 19.5 Å². The van der Waals surface area contributed by atoms with E-state index in [9.17, 15) is 9.90 Å². The quantitative estimate of drug-likeness (QED) is 0.183. The lowest BCUT2D eigenvalue weighted by atomic mass is 10.0. The number of aliphatic imine (C=N–C) groups is 1. The molecule has 0 spiro atoms. The molecule has 28 heavy (non-hydrogen) atoms. The summed E-state index contributed by atoms with van der Waals surface area (Å²) in [6.45, 7) is 8.10. The van der Waals surface area contributed by atoms with Crippen LogP contribution in [0.2, 0.25) is 0 Å². The number of rotatable bonds is 11. The molecule has 0 saturated carbocycles. The monoisotopic (exact) mass is 508 g/mol. The summed E-state index contributed by atoms with van der Waals surface area (Å²) in [5, 5.41) is 20.3. The Labute approximate surface area is 185 Å². The van der Waals surface area contributed by atoms with E-state index in [1.807, 2.05) is 11.5 Å². The molecule has 0 aliphatic carbocycles. The standard InChI is InChI=1S/C19H36N6O2.HI/c1-3-8-16(10-14-26)15-22-18(20-4-2)21-11-7-13-25-19(27)24-12-6-5-9-17(24)23-25;/h16,26H,3-15H2,1-2H3,(H2,20,21,22);1H. The van der Waals surface area contributed by atoms with Gasteiger partial charge in [0.05, 0.1) is 0 Å². The van der Waals surface area contributed by atoms with Crippen LogP contribution in [0.15, 0.2) is 9.79 Å². The smallest absolute Gasteiger partial charge is 0.345 e. The van der Waals surface area contributed by atoms with Crippen LogP contribution in [0.4, 0.5) is 0 Å². The van der Waals surface area contributed by atoms with Crippen LogP contribution in [-0.4, -0.2) is 51.7 Å². The lowest BCUT2D eigenvalue weighted by Crippen LogP contribution is -2.38. The third kappa shape index (κ3) is 7.73.